The second-order valence-corrected chi connectivity index (χ2v) is 5.53. The molecular weight excluding hydrogens is 275 g/mol. The van der Waals surface area contributed by atoms with Crippen LogP contribution in [0.2, 0.25) is 10.0 Å². The molecule has 0 radical (unpaired) electrons. The van der Waals surface area contributed by atoms with E-state index in [4.69, 9.17) is 32.5 Å². The quantitative estimate of drug-likeness (QED) is 0.867. The fraction of sp³-hybridized carbons (Fsp3) is 0.333. The minimum atomic E-state index is -4.43. The molecule has 0 saturated heterocycles. The van der Waals surface area contributed by atoms with Crippen LogP contribution in [0.1, 0.15) is 13.8 Å². The second-order valence-electron chi connectivity index (χ2n) is 3.36. The Labute approximate surface area is 104 Å². The summed E-state index contributed by atoms with van der Waals surface area (Å²) in [5.41, 5.74) is 0. The van der Waals surface area contributed by atoms with Gasteiger partial charge in [-0.2, -0.15) is 8.42 Å². The molecule has 1 rings (SSSR count). The molecule has 0 aromatic heterocycles. The van der Waals surface area contributed by atoms with Gasteiger partial charge in [-0.15, -0.1) is 0 Å². The Hall–Kier alpha value is -0.490. The minimum Gasteiger partial charge on any atom is -0.491 e. The number of halogens is 2. The van der Waals surface area contributed by atoms with Crippen molar-refractivity contribution in [3.63, 3.8) is 0 Å². The van der Waals surface area contributed by atoms with Gasteiger partial charge in [-0.05, 0) is 13.8 Å². The first-order valence-corrected chi connectivity index (χ1v) is 6.54. The van der Waals surface area contributed by atoms with E-state index in [0.29, 0.717) is 5.75 Å². The summed E-state index contributed by atoms with van der Waals surface area (Å²) in [6.07, 6.45) is -0.0938. The summed E-state index contributed by atoms with van der Waals surface area (Å²) >= 11 is 11.4. The van der Waals surface area contributed by atoms with Crippen LogP contribution in [0, 0.1) is 0 Å². The van der Waals surface area contributed by atoms with Crippen molar-refractivity contribution >= 4 is 33.3 Å². The highest BCUT2D eigenvalue weighted by atomic mass is 35.5. The number of rotatable bonds is 3. The summed E-state index contributed by atoms with van der Waals surface area (Å²) in [5, 5.41) is -0.351. The van der Waals surface area contributed by atoms with Crippen molar-refractivity contribution in [2.75, 3.05) is 0 Å². The van der Waals surface area contributed by atoms with Gasteiger partial charge in [-0.1, -0.05) is 23.2 Å². The second kappa shape index (κ2) is 4.79. The van der Waals surface area contributed by atoms with Gasteiger partial charge in [0.1, 0.15) is 10.6 Å². The Morgan fingerprint density at radius 3 is 2.00 bits per heavy atom. The molecule has 1 aromatic rings. The van der Waals surface area contributed by atoms with Gasteiger partial charge in [-0.3, -0.25) is 4.55 Å². The molecule has 1 N–H and O–H groups in total. The average molecular weight is 285 g/mol. The molecule has 0 heterocycles. The molecule has 1 aromatic carbocycles. The Kier molecular flexibility index (Phi) is 4.07. The van der Waals surface area contributed by atoms with Gasteiger partial charge in [0.25, 0.3) is 10.1 Å². The zero-order chi connectivity index (χ0) is 12.5. The Morgan fingerprint density at radius 1 is 1.25 bits per heavy atom. The Morgan fingerprint density at radius 2 is 1.69 bits per heavy atom. The highest BCUT2D eigenvalue weighted by Gasteiger charge is 2.20. The van der Waals surface area contributed by atoms with E-state index in [-0.39, 0.29) is 16.1 Å². The van der Waals surface area contributed by atoms with Crippen molar-refractivity contribution in [2.24, 2.45) is 0 Å². The zero-order valence-corrected chi connectivity index (χ0v) is 10.9. The van der Waals surface area contributed by atoms with Crippen LogP contribution in [0.25, 0.3) is 0 Å². The van der Waals surface area contributed by atoms with Crippen molar-refractivity contribution in [1.29, 1.82) is 0 Å². The maximum absolute atomic E-state index is 11.0. The van der Waals surface area contributed by atoms with Gasteiger partial charge in [-0.25, -0.2) is 0 Å². The van der Waals surface area contributed by atoms with Crippen LogP contribution >= 0.6 is 23.2 Å². The Bertz CT molecular complexity index is 473. The molecule has 0 amide bonds. The molecule has 0 spiro atoms. The van der Waals surface area contributed by atoms with E-state index < -0.39 is 15.0 Å². The van der Waals surface area contributed by atoms with Gasteiger partial charge < -0.3 is 4.74 Å². The molecule has 0 fully saturated rings. The number of hydrogen-bond acceptors (Lipinski definition) is 3. The third-order valence-electron chi connectivity index (χ3n) is 1.60. The standard InChI is InChI=1S/C9H10Cl2O4S/c1-5(2)15-6-3-7(10)9(8(11)4-6)16(12,13)14/h3-5H,1-2H3,(H,12,13,14). The molecule has 0 atom stereocenters. The minimum absolute atomic E-state index is 0.0938. The molecule has 0 aliphatic carbocycles. The van der Waals surface area contributed by atoms with Crippen molar-refractivity contribution in [3.05, 3.63) is 22.2 Å². The smallest absolute Gasteiger partial charge is 0.297 e. The molecule has 7 heteroatoms. The fourth-order valence-corrected chi connectivity index (χ4v) is 2.79. The van der Waals surface area contributed by atoms with Crippen LogP contribution in [0.3, 0.4) is 0 Å². The third kappa shape index (κ3) is 3.25. The lowest BCUT2D eigenvalue weighted by atomic mass is 10.3. The van der Waals surface area contributed by atoms with Crippen LogP contribution in [0.5, 0.6) is 5.75 Å². The van der Waals surface area contributed by atoms with Gasteiger partial charge in [0.15, 0.2) is 0 Å². The summed E-state index contributed by atoms with van der Waals surface area (Å²) < 4.78 is 36.1. The molecule has 4 nitrogen and oxygen atoms in total. The third-order valence-corrected chi connectivity index (χ3v) is 3.38. The summed E-state index contributed by atoms with van der Waals surface area (Å²) in [7, 11) is -4.43. The zero-order valence-electron chi connectivity index (χ0n) is 8.57. The molecule has 0 unspecified atom stereocenters. The van der Waals surface area contributed by atoms with Crippen LogP contribution in [0.4, 0.5) is 0 Å². The van der Waals surface area contributed by atoms with Crippen LogP contribution in [-0.4, -0.2) is 19.1 Å². The topological polar surface area (TPSA) is 63.6 Å². The van der Waals surface area contributed by atoms with E-state index in [1.807, 2.05) is 0 Å². The molecule has 0 bridgehead atoms. The van der Waals surface area contributed by atoms with Crippen molar-refractivity contribution in [1.82, 2.24) is 0 Å². The summed E-state index contributed by atoms with van der Waals surface area (Å²) in [5.74, 6) is 0.345. The molecule has 16 heavy (non-hydrogen) atoms. The van der Waals surface area contributed by atoms with E-state index in [2.05, 4.69) is 0 Å². The van der Waals surface area contributed by atoms with Crippen molar-refractivity contribution in [2.45, 2.75) is 24.8 Å². The first-order valence-electron chi connectivity index (χ1n) is 4.35. The van der Waals surface area contributed by atoms with Crippen molar-refractivity contribution < 1.29 is 17.7 Å². The van der Waals surface area contributed by atoms with E-state index in [1.165, 1.54) is 12.1 Å². The van der Waals surface area contributed by atoms with Gasteiger partial charge >= 0.3 is 0 Å². The predicted octanol–water partition coefficient (Wildman–Crippen LogP) is 3.03. The highest BCUT2D eigenvalue weighted by Crippen LogP contribution is 2.33. The van der Waals surface area contributed by atoms with Gasteiger partial charge in [0.2, 0.25) is 0 Å². The van der Waals surface area contributed by atoms with Crippen LogP contribution in [-0.2, 0) is 10.1 Å². The lowest BCUT2D eigenvalue weighted by Gasteiger charge is -2.12. The van der Waals surface area contributed by atoms with E-state index in [0.717, 1.165) is 0 Å². The first kappa shape index (κ1) is 13.6. The van der Waals surface area contributed by atoms with Gasteiger partial charge in [0.05, 0.1) is 16.1 Å². The predicted molar refractivity (Wildman–Crippen MR) is 62.0 cm³/mol. The lowest BCUT2D eigenvalue weighted by molar-refractivity contribution is 0.242. The highest BCUT2D eigenvalue weighted by molar-refractivity contribution is 7.86. The Balaban J connectivity index is 3.29. The summed E-state index contributed by atoms with van der Waals surface area (Å²) in [4.78, 5) is -0.507. The number of ether oxygens (including phenoxy) is 1. The van der Waals surface area contributed by atoms with E-state index >= 15 is 0 Å². The monoisotopic (exact) mass is 284 g/mol. The molecule has 90 valence electrons. The summed E-state index contributed by atoms with van der Waals surface area (Å²) in [6.45, 7) is 3.61. The number of hydrogen-bond donors (Lipinski definition) is 1. The molecule has 0 aliphatic heterocycles. The molecular formula is C9H10Cl2O4S. The fourth-order valence-electron chi connectivity index (χ4n) is 1.12. The van der Waals surface area contributed by atoms with Crippen LogP contribution < -0.4 is 4.74 Å². The van der Waals surface area contributed by atoms with Crippen LogP contribution in [0.15, 0.2) is 17.0 Å². The van der Waals surface area contributed by atoms with E-state index in [1.54, 1.807) is 13.8 Å². The van der Waals surface area contributed by atoms with E-state index in [9.17, 15) is 8.42 Å². The summed E-state index contributed by atoms with van der Waals surface area (Å²) in [6, 6.07) is 2.58. The number of benzene rings is 1. The normalized spacial score (nSPS) is 11.9. The van der Waals surface area contributed by atoms with Crippen molar-refractivity contribution in [3.8, 4) is 5.75 Å². The van der Waals surface area contributed by atoms with Gasteiger partial charge in [0, 0.05) is 12.1 Å². The molecule has 0 saturated carbocycles. The maximum atomic E-state index is 11.0. The maximum Gasteiger partial charge on any atom is 0.297 e. The SMILES string of the molecule is CC(C)Oc1cc(Cl)c(S(=O)(=O)O)c(Cl)c1. The molecule has 0 aliphatic rings. The first-order chi connectivity index (χ1) is 7.21. The largest absolute Gasteiger partial charge is 0.491 e. The average Bonchev–Trinajstić information content (AvgIpc) is 1.96. The lowest BCUT2D eigenvalue weighted by Crippen LogP contribution is -2.07.